The number of allylic oxidation sites excluding steroid dienone is 6. The van der Waals surface area contributed by atoms with Gasteiger partial charge in [-0.15, -0.1) is 0 Å². The van der Waals surface area contributed by atoms with E-state index in [2.05, 4.69) is 55.6 Å². The minimum Gasteiger partial charge on any atom is -0.394 e. The molecule has 0 saturated carbocycles. The SMILES string of the molecule is CCCCCCCCCCC/C=C\C/C=C\CCCCCCCCCCCCC(O)C(=O)NC(COC1OC(CO)C(O)C(O)C1O)C(O)C(O)CCC/C=C/CCCCCCCCCCCCCCCCCCCCCCCCC. The summed E-state index contributed by atoms with van der Waals surface area (Å²) in [6.45, 7) is 3.49. The molecular weight excluding hydrogens is 1010 g/mol. The van der Waals surface area contributed by atoms with Gasteiger partial charge in [0.1, 0.15) is 36.6 Å². The Morgan fingerprint density at radius 1 is 0.432 bits per heavy atom. The number of nitrogens with one attached hydrogen (secondary N) is 1. The van der Waals surface area contributed by atoms with Crippen LogP contribution in [0.1, 0.15) is 335 Å². The molecule has 1 saturated heterocycles. The highest BCUT2D eigenvalue weighted by atomic mass is 16.7. The number of ether oxygens (including phenoxy) is 2. The molecule has 0 aromatic rings. The number of amides is 1. The second-order valence-corrected chi connectivity index (χ2v) is 24.6. The van der Waals surface area contributed by atoms with Gasteiger partial charge in [-0.25, -0.2) is 0 Å². The van der Waals surface area contributed by atoms with Gasteiger partial charge in [-0.3, -0.25) is 4.79 Å². The molecule has 0 bridgehead atoms. The molecule has 81 heavy (non-hydrogen) atoms. The van der Waals surface area contributed by atoms with Crippen LogP contribution in [0, 0.1) is 0 Å². The van der Waals surface area contributed by atoms with Crippen molar-refractivity contribution in [3.8, 4) is 0 Å². The van der Waals surface area contributed by atoms with Crippen LogP contribution >= 0.6 is 0 Å². The Bertz CT molecular complexity index is 1410. The van der Waals surface area contributed by atoms with Crippen molar-refractivity contribution in [2.45, 2.75) is 390 Å². The van der Waals surface area contributed by atoms with Crippen molar-refractivity contribution < 1.29 is 50.0 Å². The van der Waals surface area contributed by atoms with Crippen molar-refractivity contribution in [1.29, 1.82) is 0 Å². The molecule has 1 aliphatic heterocycles. The quantitative estimate of drug-likeness (QED) is 0.0215. The largest absolute Gasteiger partial charge is 0.394 e. The molecule has 9 atom stereocenters. The van der Waals surface area contributed by atoms with E-state index in [0.29, 0.717) is 12.8 Å². The predicted molar refractivity (Wildman–Crippen MR) is 339 cm³/mol. The van der Waals surface area contributed by atoms with E-state index in [-0.39, 0.29) is 12.8 Å². The third-order valence-electron chi connectivity index (χ3n) is 16.9. The fourth-order valence-corrected chi connectivity index (χ4v) is 11.3. The first-order valence-electron chi connectivity index (χ1n) is 34.9. The highest BCUT2D eigenvalue weighted by molar-refractivity contribution is 5.80. The van der Waals surface area contributed by atoms with Gasteiger partial charge in [-0.1, -0.05) is 301 Å². The first-order chi connectivity index (χ1) is 39.7. The van der Waals surface area contributed by atoms with Gasteiger partial charge in [0.15, 0.2) is 6.29 Å². The minimum absolute atomic E-state index is 0.251. The average molecular weight is 1150 g/mol. The van der Waals surface area contributed by atoms with Crippen LogP contribution in [0.25, 0.3) is 0 Å². The molecule has 1 rings (SSSR count). The van der Waals surface area contributed by atoms with Gasteiger partial charge in [0.05, 0.1) is 25.4 Å². The molecule has 0 radical (unpaired) electrons. The molecule has 0 aliphatic carbocycles. The smallest absolute Gasteiger partial charge is 0.249 e. The zero-order valence-corrected chi connectivity index (χ0v) is 52.8. The summed E-state index contributed by atoms with van der Waals surface area (Å²) < 4.78 is 11.2. The molecule has 0 aromatic carbocycles. The van der Waals surface area contributed by atoms with Crippen LogP contribution in [0.15, 0.2) is 36.5 Å². The second kappa shape index (κ2) is 58.7. The van der Waals surface area contributed by atoms with Gasteiger partial charge in [0, 0.05) is 0 Å². The van der Waals surface area contributed by atoms with Crippen molar-refractivity contribution in [2.24, 2.45) is 0 Å². The fourth-order valence-electron chi connectivity index (χ4n) is 11.3. The molecule has 11 nitrogen and oxygen atoms in total. The lowest BCUT2D eigenvalue weighted by molar-refractivity contribution is -0.303. The predicted octanol–water partition coefficient (Wildman–Crippen LogP) is 16.6. The summed E-state index contributed by atoms with van der Waals surface area (Å²) in [4.78, 5) is 13.2. The van der Waals surface area contributed by atoms with Gasteiger partial charge in [-0.05, 0) is 70.6 Å². The lowest BCUT2D eigenvalue weighted by atomic mass is 9.98. The molecule has 8 N–H and O–H groups in total. The van der Waals surface area contributed by atoms with E-state index in [9.17, 15) is 40.5 Å². The number of carbonyl (C=O) groups excluding carboxylic acids is 1. The van der Waals surface area contributed by atoms with Crippen LogP contribution in [0.5, 0.6) is 0 Å². The molecule has 1 amide bonds. The number of unbranched alkanes of at least 4 members (excludes halogenated alkanes) is 43. The number of aliphatic hydroxyl groups excluding tert-OH is 7. The van der Waals surface area contributed by atoms with Crippen molar-refractivity contribution in [3.05, 3.63) is 36.5 Å². The summed E-state index contributed by atoms with van der Waals surface area (Å²) in [7, 11) is 0. The lowest BCUT2D eigenvalue weighted by Crippen LogP contribution is -2.60. The van der Waals surface area contributed by atoms with Gasteiger partial charge >= 0.3 is 0 Å². The number of rotatable bonds is 61. The minimum atomic E-state index is -1.67. The number of carbonyl (C=O) groups is 1. The molecule has 1 aliphatic rings. The summed E-state index contributed by atoms with van der Waals surface area (Å²) >= 11 is 0. The monoisotopic (exact) mass is 1150 g/mol. The third-order valence-corrected chi connectivity index (χ3v) is 16.9. The summed E-state index contributed by atoms with van der Waals surface area (Å²) in [6, 6.07) is -1.19. The fraction of sp³-hybridized carbons (Fsp3) is 0.900. The van der Waals surface area contributed by atoms with Crippen molar-refractivity contribution in [3.63, 3.8) is 0 Å². The Balaban J connectivity index is 2.23. The topological polar surface area (TPSA) is 189 Å². The molecule has 0 aromatic heterocycles. The van der Waals surface area contributed by atoms with E-state index >= 15 is 0 Å². The van der Waals surface area contributed by atoms with E-state index in [4.69, 9.17) is 9.47 Å². The Kier molecular flexibility index (Phi) is 56.0. The number of hydrogen-bond acceptors (Lipinski definition) is 10. The molecule has 1 fully saturated rings. The summed E-state index contributed by atoms with van der Waals surface area (Å²) in [5, 5.41) is 76.5. The standard InChI is InChI=1S/C70H133NO10/c1-3-5-7-9-11-13-15-17-19-21-23-25-27-29-31-32-34-35-37-39-41-43-45-47-49-51-53-55-57-62(73)65(75)61(60-80-70-68(78)67(77)66(76)64(59-72)81-70)71-69(79)63(74)58-56-54-52-50-48-46-44-42-40-38-36-33-30-28-26-24-22-20-18-16-14-12-10-8-6-4-2/h24,26,30,33,49,51,61-68,70,72-78H,3-23,25,27-29,31-32,34-48,50,52-60H2,1-2H3,(H,71,79)/b26-24-,33-30-,51-49+. The first kappa shape index (κ1) is 77.3. The van der Waals surface area contributed by atoms with Crippen LogP contribution in [0.4, 0.5) is 0 Å². The van der Waals surface area contributed by atoms with Crippen LogP contribution in [-0.4, -0.2) is 110 Å². The first-order valence-corrected chi connectivity index (χ1v) is 34.9. The Morgan fingerprint density at radius 3 is 1.14 bits per heavy atom. The average Bonchev–Trinajstić information content (AvgIpc) is 3.49. The molecule has 11 heteroatoms. The normalized spacial score (nSPS) is 19.3. The summed E-state index contributed by atoms with van der Waals surface area (Å²) in [5.74, 6) is -0.705. The van der Waals surface area contributed by atoms with Crippen molar-refractivity contribution in [1.82, 2.24) is 5.32 Å². The van der Waals surface area contributed by atoms with E-state index in [1.54, 1.807) is 0 Å². The van der Waals surface area contributed by atoms with Crippen molar-refractivity contribution >= 4 is 5.91 Å². The van der Waals surface area contributed by atoms with E-state index in [0.717, 1.165) is 51.4 Å². The van der Waals surface area contributed by atoms with E-state index in [1.807, 2.05) is 0 Å². The highest BCUT2D eigenvalue weighted by Gasteiger charge is 2.44. The maximum atomic E-state index is 13.2. The van der Waals surface area contributed by atoms with E-state index in [1.165, 1.54) is 244 Å². The maximum Gasteiger partial charge on any atom is 0.249 e. The van der Waals surface area contributed by atoms with E-state index < -0.39 is 74.2 Å². The van der Waals surface area contributed by atoms with Gasteiger partial charge in [0.2, 0.25) is 5.91 Å². The lowest BCUT2D eigenvalue weighted by Gasteiger charge is -2.40. The van der Waals surface area contributed by atoms with Crippen LogP contribution in [0.2, 0.25) is 0 Å². The molecule has 0 spiro atoms. The molecule has 9 unspecified atom stereocenters. The third kappa shape index (κ3) is 46.3. The summed E-state index contributed by atoms with van der Waals surface area (Å²) in [6.07, 6.45) is 63.7. The Hall–Kier alpha value is -1.67. The highest BCUT2D eigenvalue weighted by Crippen LogP contribution is 2.24. The second-order valence-electron chi connectivity index (χ2n) is 24.6. The van der Waals surface area contributed by atoms with Crippen LogP contribution in [0.3, 0.4) is 0 Å². The number of aliphatic hydroxyl groups is 7. The Morgan fingerprint density at radius 2 is 0.765 bits per heavy atom. The van der Waals surface area contributed by atoms with Crippen LogP contribution in [-0.2, 0) is 14.3 Å². The molecule has 478 valence electrons. The van der Waals surface area contributed by atoms with Gasteiger partial charge in [-0.2, -0.15) is 0 Å². The van der Waals surface area contributed by atoms with Gasteiger partial charge < -0.3 is 50.5 Å². The molecule has 1 heterocycles. The molecular formula is C70H133NO10. The zero-order chi connectivity index (χ0) is 58.9. The maximum absolute atomic E-state index is 13.2. The Labute approximate surface area is 498 Å². The van der Waals surface area contributed by atoms with Crippen LogP contribution < -0.4 is 5.32 Å². The van der Waals surface area contributed by atoms with Gasteiger partial charge in [0.25, 0.3) is 0 Å². The van der Waals surface area contributed by atoms with Crippen molar-refractivity contribution in [2.75, 3.05) is 13.2 Å². The number of hydrogen-bond donors (Lipinski definition) is 8. The zero-order valence-electron chi connectivity index (χ0n) is 52.8. The summed E-state index contributed by atoms with van der Waals surface area (Å²) in [5.41, 5.74) is 0.